The van der Waals surface area contributed by atoms with Gasteiger partial charge in [0.2, 0.25) is 10.0 Å². The first-order valence-corrected chi connectivity index (χ1v) is 8.50. The monoisotopic (exact) mass is 331 g/mol. The number of sulfonamides is 1. The van der Waals surface area contributed by atoms with Gasteiger partial charge in [0.05, 0.1) is 0 Å². The summed E-state index contributed by atoms with van der Waals surface area (Å²) < 4.78 is 28.8. The lowest BCUT2D eigenvalue weighted by Gasteiger charge is -2.27. The van der Waals surface area contributed by atoms with Gasteiger partial charge in [-0.2, -0.15) is 0 Å². The first kappa shape index (κ1) is 16.9. The number of hydrogen-bond acceptors (Lipinski definition) is 6. The Hall–Kier alpha value is -1.49. The van der Waals surface area contributed by atoms with Crippen molar-refractivity contribution >= 4 is 10.0 Å². The molecule has 1 aromatic rings. The van der Waals surface area contributed by atoms with Crippen LogP contribution in [0.5, 0.6) is 0 Å². The predicted molar refractivity (Wildman–Crippen MR) is 81.4 cm³/mol. The molecule has 22 heavy (non-hydrogen) atoms. The van der Waals surface area contributed by atoms with Crippen molar-refractivity contribution in [3.63, 3.8) is 0 Å². The van der Waals surface area contributed by atoms with E-state index in [1.807, 2.05) is 0 Å². The fourth-order valence-electron chi connectivity index (χ4n) is 2.31. The highest BCUT2D eigenvalue weighted by Gasteiger charge is 2.21. The van der Waals surface area contributed by atoms with Gasteiger partial charge in [0.1, 0.15) is 0 Å². The number of aryl methyl sites for hydroxylation is 1. The lowest BCUT2D eigenvalue weighted by atomic mass is 10.3. The van der Waals surface area contributed by atoms with Gasteiger partial charge in [-0.25, -0.2) is 17.9 Å². The molecule has 9 nitrogen and oxygen atoms in total. The molecular formula is C12H21N5O4S. The van der Waals surface area contributed by atoms with E-state index in [1.54, 1.807) is 0 Å². The number of hydrogen-bond donors (Lipinski definition) is 2. The largest absolute Gasteiger partial charge is 0.330 e. The molecule has 0 bridgehead atoms. The van der Waals surface area contributed by atoms with Gasteiger partial charge >= 0.3 is 5.69 Å². The third kappa shape index (κ3) is 3.64. The van der Waals surface area contributed by atoms with Crippen LogP contribution < -0.4 is 21.3 Å². The molecule has 0 aromatic carbocycles. The fraction of sp³-hybridized carbons (Fsp3) is 0.667. The number of rotatable bonds is 5. The number of piperazine rings is 1. The van der Waals surface area contributed by atoms with Gasteiger partial charge in [0.15, 0.2) is 4.90 Å². The Balaban J connectivity index is 2.10. The number of nitrogens with one attached hydrogen (secondary N) is 2. The summed E-state index contributed by atoms with van der Waals surface area (Å²) in [4.78, 5) is 25.3. The van der Waals surface area contributed by atoms with Crippen molar-refractivity contribution in [1.29, 1.82) is 0 Å². The first-order chi connectivity index (χ1) is 10.3. The third-order valence-corrected chi connectivity index (χ3v) is 5.08. The van der Waals surface area contributed by atoms with Crippen molar-refractivity contribution in [2.75, 3.05) is 39.3 Å². The Morgan fingerprint density at radius 1 is 1.23 bits per heavy atom. The molecule has 2 heterocycles. The zero-order valence-electron chi connectivity index (χ0n) is 12.7. The van der Waals surface area contributed by atoms with Crippen molar-refractivity contribution in [3.8, 4) is 0 Å². The minimum absolute atomic E-state index is 0.217. The highest BCUT2D eigenvalue weighted by Crippen LogP contribution is 2.00. The zero-order chi connectivity index (χ0) is 16.3. The molecule has 0 aliphatic carbocycles. The molecule has 0 amide bonds. The summed E-state index contributed by atoms with van der Waals surface area (Å²) in [6.45, 7) is 4.29. The van der Waals surface area contributed by atoms with Gasteiger partial charge in [-0.3, -0.25) is 14.3 Å². The second-order valence-electron chi connectivity index (χ2n) is 5.24. The Morgan fingerprint density at radius 2 is 1.86 bits per heavy atom. The minimum atomic E-state index is -3.94. The third-order valence-electron chi connectivity index (χ3n) is 3.63. The van der Waals surface area contributed by atoms with E-state index in [1.165, 1.54) is 14.1 Å². The number of aromatic nitrogens is 2. The molecule has 0 radical (unpaired) electrons. The van der Waals surface area contributed by atoms with Crippen molar-refractivity contribution in [1.82, 2.24) is 24.1 Å². The van der Waals surface area contributed by atoms with E-state index >= 15 is 0 Å². The maximum atomic E-state index is 12.2. The van der Waals surface area contributed by atoms with E-state index < -0.39 is 26.2 Å². The second-order valence-corrected chi connectivity index (χ2v) is 6.98. The van der Waals surface area contributed by atoms with E-state index in [9.17, 15) is 18.0 Å². The van der Waals surface area contributed by atoms with Crippen molar-refractivity contribution in [3.05, 3.63) is 27.0 Å². The van der Waals surface area contributed by atoms with E-state index in [-0.39, 0.29) is 6.54 Å². The Kier molecular flexibility index (Phi) is 5.16. The Morgan fingerprint density at radius 3 is 2.50 bits per heavy atom. The molecule has 0 spiro atoms. The lowest BCUT2D eigenvalue weighted by molar-refractivity contribution is 0.245. The van der Waals surface area contributed by atoms with Crippen molar-refractivity contribution < 1.29 is 8.42 Å². The first-order valence-electron chi connectivity index (χ1n) is 7.02. The molecule has 1 aliphatic rings. The summed E-state index contributed by atoms with van der Waals surface area (Å²) in [5.41, 5.74) is -1.39. The maximum Gasteiger partial charge on any atom is 0.330 e. The smallest absolute Gasteiger partial charge is 0.314 e. The quantitative estimate of drug-likeness (QED) is 0.607. The average Bonchev–Trinajstić information content (AvgIpc) is 2.49. The molecule has 1 saturated heterocycles. The highest BCUT2D eigenvalue weighted by molar-refractivity contribution is 7.89. The molecule has 1 fully saturated rings. The van der Waals surface area contributed by atoms with Gasteiger partial charge in [-0.1, -0.05) is 0 Å². The average molecular weight is 331 g/mol. The van der Waals surface area contributed by atoms with Crippen LogP contribution in [-0.4, -0.2) is 61.7 Å². The molecule has 0 saturated carbocycles. The topological polar surface area (TPSA) is 105 Å². The van der Waals surface area contributed by atoms with Crippen LogP contribution in [-0.2, 0) is 24.1 Å². The second kappa shape index (κ2) is 6.73. The van der Waals surface area contributed by atoms with Gasteiger partial charge in [0, 0.05) is 59.6 Å². The SMILES string of the molecule is Cn1cc(S(=O)(=O)NCCN2CCNCC2)c(=O)n(C)c1=O. The molecule has 1 aromatic heterocycles. The van der Waals surface area contributed by atoms with Crippen LogP contribution in [0.25, 0.3) is 0 Å². The maximum absolute atomic E-state index is 12.2. The summed E-state index contributed by atoms with van der Waals surface area (Å²) in [6.07, 6.45) is 1.05. The van der Waals surface area contributed by atoms with Gasteiger partial charge in [0.25, 0.3) is 5.56 Å². The fourth-order valence-corrected chi connectivity index (χ4v) is 3.49. The van der Waals surface area contributed by atoms with Crippen LogP contribution >= 0.6 is 0 Å². The molecule has 10 heteroatoms. The van der Waals surface area contributed by atoms with Crippen LogP contribution in [0, 0.1) is 0 Å². The minimum Gasteiger partial charge on any atom is -0.314 e. The summed E-state index contributed by atoms with van der Waals surface area (Å²) in [5, 5.41) is 3.22. The Labute approximate surface area is 128 Å². The zero-order valence-corrected chi connectivity index (χ0v) is 13.5. The molecular weight excluding hydrogens is 310 g/mol. The van der Waals surface area contributed by atoms with Crippen LogP contribution in [0.2, 0.25) is 0 Å². The summed E-state index contributed by atoms with van der Waals surface area (Å²) >= 11 is 0. The molecule has 1 aliphatic heterocycles. The predicted octanol–water partition coefficient (Wildman–Crippen LogP) is -2.73. The van der Waals surface area contributed by atoms with Gasteiger partial charge < -0.3 is 9.88 Å². The lowest BCUT2D eigenvalue weighted by Crippen LogP contribution is -2.47. The van der Waals surface area contributed by atoms with E-state index in [0.717, 1.165) is 41.5 Å². The van der Waals surface area contributed by atoms with Crippen LogP contribution in [0.1, 0.15) is 0 Å². The highest BCUT2D eigenvalue weighted by atomic mass is 32.2. The summed E-state index contributed by atoms with van der Waals surface area (Å²) in [6, 6.07) is 0. The molecule has 0 atom stereocenters. The van der Waals surface area contributed by atoms with Crippen molar-refractivity contribution in [2.24, 2.45) is 14.1 Å². The van der Waals surface area contributed by atoms with Crippen LogP contribution in [0.15, 0.2) is 20.7 Å². The van der Waals surface area contributed by atoms with E-state index in [2.05, 4.69) is 14.9 Å². The summed E-state index contributed by atoms with van der Waals surface area (Å²) in [7, 11) is -1.28. The molecule has 0 unspecified atom stereocenters. The van der Waals surface area contributed by atoms with E-state index in [4.69, 9.17) is 0 Å². The standard InChI is InChI=1S/C12H21N5O4S/c1-15-9-10(11(18)16(2)12(15)19)22(20,21)14-5-8-17-6-3-13-4-7-17/h9,13-14H,3-8H2,1-2H3. The summed E-state index contributed by atoms with van der Waals surface area (Å²) in [5.74, 6) is 0. The number of nitrogens with zero attached hydrogens (tertiary/aromatic N) is 3. The molecule has 2 N–H and O–H groups in total. The van der Waals surface area contributed by atoms with Crippen LogP contribution in [0.3, 0.4) is 0 Å². The van der Waals surface area contributed by atoms with Crippen LogP contribution in [0.4, 0.5) is 0 Å². The van der Waals surface area contributed by atoms with Gasteiger partial charge in [-0.15, -0.1) is 0 Å². The molecule has 124 valence electrons. The normalized spacial score (nSPS) is 16.8. The molecule has 2 rings (SSSR count). The Bertz CT molecular complexity index is 746. The van der Waals surface area contributed by atoms with E-state index in [0.29, 0.717) is 6.54 Å². The van der Waals surface area contributed by atoms with Gasteiger partial charge in [-0.05, 0) is 0 Å². The van der Waals surface area contributed by atoms with Crippen molar-refractivity contribution in [2.45, 2.75) is 4.90 Å².